The summed E-state index contributed by atoms with van der Waals surface area (Å²) in [7, 11) is 2.19. The van der Waals surface area contributed by atoms with Crippen molar-refractivity contribution in [2.45, 2.75) is 31.3 Å². The molecule has 2 amide bonds. The van der Waals surface area contributed by atoms with E-state index in [4.69, 9.17) is 0 Å². The fourth-order valence-corrected chi connectivity index (χ4v) is 3.73. The second-order valence-corrected chi connectivity index (χ2v) is 6.60. The fourth-order valence-electron chi connectivity index (χ4n) is 3.73. The van der Waals surface area contributed by atoms with Crippen molar-refractivity contribution in [3.63, 3.8) is 0 Å². The molecule has 24 heavy (non-hydrogen) atoms. The van der Waals surface area contributed by atoms with Crippen molar-refractivity contribution in [1.82, 2.24) is 24.6 Å². The van der Waals surface area contributed by atoms with E-state index < -0.39 is 0 Å². The van der Waals surface area contributed by atoms with Gasteiger partial charge in [0.15, 0.2) is 0 Å². The van der Waals surface area contributed by atoms with Gasteiger partial charge in [0.1, 0.15) is 12.7 Å². The molecule has 1 aromatic carbocycles. The molecule has 2 atom stereocenters. The van der Waals surface area contributed by atoms with Crippen LogP contribution in [-0.2, 0) is 0 Å². The lowest BCUT2D eigenvalue weighted by Gasteiger charge is -2.26. The van der Waals surface area contributed by atoms with Gasteiger partial charge in [-0.3, -0.25) is 4.90 Å². The van der Waals surface area contributed by atoms with Gasteiger partial charge in [-0.1, -0.05) is 0 Å². The molecule has 7 nitrogen and oxygen atoms in total. The molecule has 2 aromatic rings. The number of carbonyl (C=O) groups excluding carboxylic acids is 1. The Morgan fingerprint density at radius 2 is 1.96 bits per heavy atom. The molecular weight excluding hydrogens is 304 g/mol. The number of likely N-dealkylation sites (tertiary alicyclic amines) is 1. The van der Waals surface area contributed by atoms with Gasteiger partial charge in [0.05, 0.1) is 5.69 Å². The summed E-state index contributed by atoms with van der Waals surface area (Å²) in [5.74, 6) is 0. The van der Waals surface area contributed by atoms with E-state index in [-0.39, 0.29) is 6.03 Å². The highest BCUT2D eigenvalue weighted by atomic mass is 16.2. The molecule has 0 saturated carbocycles. The maximum absolute atomic E-state index is 12.6. The Morgan fingerprint density at radius 3 is 2.71 bits per heavy atom. The van der Waals surface area contributed by atoms with E-state index in [9.17, 15) is 4.79 Å². The molecule has 1 aromatic heterocycles. The highest BCUT2D eigenvalue weighted by Crippen LogP contribution is 2.28. The van der Waals surface area contributed by atoms with Gasteiger partial charge < -0.3 is 10.2 Å². The Labute approximate surface area is 141 Å². The summed E-state index contributed by atoms with van der Waals surface area (Å²) in [6, 6.07) is 8.75. The van der Waals surface area contributed by atoms with Crippen LogP contribution >= 0.6 is 0 Å². The lowest BCUT2D eigenvalue weighted by atomic mass is 10.1. The highest BCUT2D eigenvalue weighted by molar-refractivity contribution is 5.89. The van der Waals surface area contributed by atoms with Crippen LogP contribution in [-0.4, -0.2) is 62.8 Å². The van der Waals surface area contributed by atoms with Gasteiger partial charge in [0, 0.05) is 30.9 Å². The van der Waals surface area contributed by atoms with E-state index in [2.05, 4.69) is 27.3 Å². The van der Waals surface area contributed by atoms with Crippen molar-refractivity contribution >= 4 is 11.7 Å². The minimum absolute atomic E-state index is 0.00976. The molecule has 126 valence electrons. The van der Waals surface area contributed by atoms with E-state index in [1.54, 1.807) is 11.0 Å². The first kappa shape index (κ1) is 15.1. The molecular formula is C17H22N6O. The van der Waals surface area contributed by atoms with Crippen LogP contribution < -0.4 is 5.32 Å². The van der Waals surface area contributed by atoms with Crippen LogP contribution in [0, 0.1) is 0 Å². The van der Waals surface area contributed by atoms with Gasteiger partial charge in [-0.15, -0.1) is 0 Å². The van der Waals surface area contributed by atoms with E-state index in [1.807, 2.05) is 29.2 Å². The molecule has 2 saturated heterocycles. The number of aromatic nitrogens is 3. The number of nitrogens with zero attached hydrogens (tertiary/aromatic N) is 5. The maximum Gasteiger partial charge on any atom is 0.321 e. The van der Waals surface area contributed by atoms with Crippen molar-refractivity contribution in [1.29, 1.82) is 0 Å². The number of amides is 2. The van der Waals surface area contributed by atoms with Gasteiger partial charge in [-0.05, 0) is 50.6 Å². The zero-order valence-electron chi connectivity index (χ0n) is 13.8. The molecule has 7 heteroatoms. The number of hydrogen-bond acceptors (Lipinski definition) is 4. The normalized spacial score (nSPS) is 24.0. The molecule has 4 rings (SSSR count). The number of fused-ring (bicyclic) bond motifs is 2. The average molecular weight is 326 g/mol. The van der Waals surface area contributed by atoms with Crippen molar-refractivity contribution in [2.75, 3.05) is 25.5 Å². The van der Waals surface area contributed by atoms with Crippen molar-refractivity contribution in [3.05, 3.63) is 36.9 Å². The first-order chi connectivity index (χ1) is 11.7. The van der Waals surface area contributed by atoms with Crippen LogP contribution in [0.4, 0.5) is 10.5 Å². The Hall–Kier alpha value is -2.41. The topological polar surface area (TPSA) is 66.3 Å². The Kier molecular flexibility index (Phi) is 3.93. The van der Waals surface area contributed by atoms with Crippen LogP contribution in [0.2, 0.25) is 0 Å². The zero-order valence-corrected chi connectivity index (χ0v) is 13.8. The minimum Gasteiger partial charge on any atom is -0.323 e. The summed E-state index contributed by atoms with van der Waals surface area (Å²) in [5, 5.41) is 7.10. The van der Waals surface area contributed by atoms with E-state index in [0.29, 0.717) is 12.1 Å². The molecule has 2 fully saturated rings. The van der Waals surface area contributed by atoms with Crippen LogP contribution in [0.15, 0.2) is 36.9 Å². The molecule has 0 aliphatic carbocycles. The Morgan fingerprint density at radius 1 is 1.17 bits per heavy atom. The Bertz CT molecular complexity index is 698. The minimum atomic E-state index is -0.00976. The number of rotatable bonds is 2. The number of benzene rings is 1. The molecule has 0 unspecified atom stereocenters. The molecule has 2 aliphatic heterocycles. The molecule has 3 heterocycles. The Balaban J connectivity index is 1.41. The first-order valence-corrected chi connectivity index (χ1v) is 8.43. The van der Waals surface area contributed by atoms with E-state index in [0.717, 1.165) is 30.9 Å². The van der Waals surface area contributed by atoms with Gasteiger partial charge >= 0.3 is 6.03 Å². The summed E-state index contributed by atoms with van der Waals surface area (Å²) >= 11 is 0. The van der Waals surface area contributed by atoms with Crippen molar-refractivity contribution < 1.29 is 4.79 Å². The summed E-state index contributed by atoms with van der Waals surface area (Å²) in [6.45, 7) is 1.64. The number of likely N-dealkylation sites (N-methyl/N-ethyl adjacent to an activating group) is 1. The van der Waals surface area contributed by atoms with Crippen LogP contribution in [0.1, 0.15) is 19.3 Å². The SMILES string of the molecule is CN1[C@H]2CC[C@@H]1CN(C(=O)Nc1ccc(-n3cncn3)cc1)CC2. The third-order valence-corrected chi connectivity index (χ3v) is 5.24. The average Bonchev–Trinajstić information content (AvgIpc) is 3.17. The molecule has 0 radical (unpaired) electrons. The van der Waals surface area contributed by atoms with Crippen molar-refractivity contribution in [3.8, 4) is 5.69 Å². The van der Waals surface area contributed by atoms with Crippen molar-refractivity contribution in [2.24, 2.45) is 0 Å². The lowest BCUT2D eigenvalue weighted by Crippen LogP contribution is -2.41. The second kappa shape index (κ2) is 6.24. The van der Waals surface area contributed by atoms with Crippen LogP contribution in [0.25, 0.3) is 5.69 Å². The predicted molar refractivity (Wildman–Crippen MR) is 91.1 cm³/mol. The summed E-state index contributed by atoms with van der Waals surface area (Å²) in [5.41, 5.74) is 1.71. The van der Waals surface area contributed by atoms with E-state index >= 15 is 0 Å². The summed E-state index contributed by atoms with van der Waals surface area (Å²) in [4.78, 5) is 20.9. The highest BCUT2D eigenvalue weighted by Gasteiger charge is 2.35. The fraction of sp³-hybridized carbons (Fsp3) is 0.471. The number of anilines is 1. The zero-order chi connectivity index (χ0) is 16.5. The molecule has 0 spiro atoms. The predicted octanol–water partition coefficient (Wildman–Crippen LogP) is 1.97. The third-order valence-electron chi connectivity index (χ3n) is 5.24. The van der Waals surface area contributed by atoms with Crippen LogP contribution in [0.3, 0.4) is 0 Å². The van der Waals surface area contributed by atoms with Crippen LogP contribution in [0.5, 0.6) is 0 Å². The first-order valence-electron chi connectivity index (χ1n) is 8.43. The second-order valence-electron chi connectivity index (χ2n) is 6.60. The summed E-state index contributed by atoms with van der Waals surface area (Å²) < 4.78 is 1.69. The summed E-state index contributed by atoms with van der Waals surface area (Å²) in [6.07, 6.45) is 6.67. The number of nitrogens with one attached hydrogen (secondary N) is 1. The quantitative estimate of drug-likeness (QED) is 0.916. The lowest BCUT2D eigenvalue weighted by molar-refractivity contribution is 0.200. The molecule has 2 bridgehead atoms. The van der Waals surface area contributed by atoms with E-state index in [1.165, 1.54) is 19.2 Å². The van der Waals surface area contributed by atoms with Gasteiger partial charge in [-0.25, -0.2) is 14.5 Å². The molecule has 2 aliphatic rings. The number of hydrogen-bond donors (Lipinski definition) is 1. The smallest absolute Gasteiger partial charge is 0.321 e. The monoisotopic (exact) mass is 326 g/mol. The number of urea groups is 1. The third kappa shape index (κ3) is 2.87. The van der Waals surface area contributed by atoms with Gasteiger partial charge in [-0.2, -0.15) is 5.10 Å². The maximum atomic E-state index is 12.6. The standard InChI is InChI=1S/C17H22N6O/c1-21-14-6-7-16(21)10-22(9-8-14)17(24)20-13-2-4-15(5-3-13)23-12-18-11-19-23/h2-5,11-12,14,16H,6-10H2,1H3,(H,20,24)/t14-,16+/m0/s1. The molecule has 1 N–H and O–H groups in total. The van der Waals surface area contributed by atoms with Gasteiger partial charge in [0.2, 0.25) is 0 Å². The van der Waals surface area contributed by atoms with Gasteiger partial charge in [0.25, 0.3) is 0 Å². The number of carbonyl (C=O) groups is 1. The largest absolute Gasteiger partial charge is 0.323 e.